The van der Waals surface area contributed by atoms with Gasteiger partial charge in [0.05, 0.1) is 37.4 Å². The zero-order chi connectivity index (χ0) is 21.7. The van der Waals surface area contributed by atoms with E-state index in [2.05, 4.69) is 5.32 Å². The van der Waals surface area contributed by atoms with Gasteiger partial charge in [0.25, 0.3) is 11.6 Å². The molecule has 1 amide bonds. The first-order valence-corrected chi connectivity index (χ1v) is 9.02. The normalized spacial score (nSPS) is 10.0. The number of esters is 1. The quantitative estimate of drug-likeness (QED) is 0.409. The molecule has 10 nitrogen and oxygen atoms in total. The van der Waals surface area contributed by atoms with Crippen LogP contribution >= 0.6 is 11.3 Å². The van der Waals surface area contributed by atoms with Gasteiger partial charge < -0.3 is 19.5 Å². The van der Waals surface area contributed by atoms with Gasteiger partial charge in [-0.15, -0.1) is 11.3 Å². The van der Waals surface area contributed by atoms with Gasteiger partial charge in [-0.2, -0.15) is 5.26 Å². The number of nitrogens with one attached hydrogen (secondary N) is 1. The van der Waals surface area contributed by atoms with Gasteiger partial charge >= 0.3 is 5.97 Å². The summed E-state index contributed by atoms with van der Waals surface area (Å²) in [6.07, 6.45) is 0. The highest BCUT2D eigenvalue weighted by Crippen LogP contribution is 2.37. The van der Waals surface area contributed by atoms with Crippen LogP contribution in [0.25, 0.3) is 0 Å². The molecule has 0 aliphatic carbocycles. The van der Waals surface area contributed by atoms with Gasteiger partial charge in [-0.3, -0.25) is 14.9 Å². The summed E-state index contributed by atoms with van der Waals surface area (Å²) in [6.45, 7) is 3.35. The summed E-state index contributed by atoms with van der Waals surface area (Å²) in [5.74, 6) is -1.25. The fourth-order valence-electron chi connectivity index (χ4n) is 2.50. The Bertz CT molecular complexity index is 1020. The molecule has 0 bridgehead atoms. The number of benzene rings is 1. The molecule has 1 N–H and O–H groups in total. The van der Waals surface area contributed by atoms with E-state index < -0.39 is 22.5 Å². The highest BCUT2D eigenvalue weighted by molar-refractivity contribution is 7.18. The lowest BCUT2D eigenvalue weighted by Crippen LogP contribution is -2.14. The summed E-state index contributed by atoms with van der Waals surface area (Å²) in [4.78, 5) is 35.7. The van der Waals surface area contributed by atoms with E-state index in [9.17, 15) is 25.0 Å². The number of nitro benzene ring substituents is 1. The lowest BCUT2D eigenvalue weighted by molar-refractivity contribution is -0.385. The largest absolute Gasteiger partial charge is 0.493 e. The fourth-order valence-corrected chi connectivity index (χ4v) is 3.55. The molecule has 0 radical (unpaired) electrons. The van der Waals surface area contributed by atoms with Crippen molar-refractivity contribution in [3.8, 4) is 17.6 Å². The second-order valence-electron chi connectivity index (χ2n) is 5.53. The highest BCUT2D eigenvalue weighted by Gasteiger charge is 2.27. The van der Waals surface area contributed by atoms with Crippen LogP contribution in [0.15, 0.2) is 12.1 Å². The van der Waals surface area contributed by atoms with Crippen molar-refractivity contribution in [3.63, 3.8) is 0 Å². The predicted molar refractivity (Wildman–Crippen MR) is 104 cm³/mol. The summed E-state index contributed by atoms with van der Waals surface area (Å²) in [7, 11) is 2.64. The Morgan fingerprint density at radius 2 is 1.90 bits per heavy atom. The van der Waals surface area contributed by atoms with Crippen LogP contribution in [0.4, 0.5) is 10.7 Å². The maximum Gasteiger partial charge on any atom is 0.348 e. The molecule has 1 aromatic heterocycles. The van der Waals surface area contributed by atoms with Crippen LogP contribution in [0.2, 0.25) is 0 Å². The number of carbonyl (C=O) groups is 2. The van der Waals surface area contributed by atoms with Crippen LogP contribution in [0, 0.1) is 28.4 Å². The summed E-state index contributed by atoms with van der Waals surface area (Å²) >= 11 is 0.859. The average molecular weight is 419 g/mol. The van der Waals surface area contributed by atoms with E-state index in [0.717, 1.165) is 17.4 Å². The van der Waals surface area contributed by atoms with Crippen LogP contribution in [0.1, 0.15) is 38.1 Å². The second-order valence-corrected chi connectivity index (χ2v) is 6.55. The number of amides is 1. The minimum atomic E-state index is -0.842. The number of hydrogen-bond acceptors (Lipinski definition) is 9. The highest BCUT2D eigenvalue weighted by atomic mass is 32.1. The predicted octanol–water partition coefficient (Wildman–Crippen LogP) is 3.28. The number of nitrogens with zero attached hydrogens (tertiary/aromatic N) is 2. The maximum absolute atomic E-state index is 12.8. The first kappa shape index (κ1) is 21.6. The van der Waals surface area contributed by atoms with Gasteiger partial charge in [0, 0.05) is 6.07 Å². The number of ether oxygens (including phenoxy) is 3. The van der Waals surface area contributed by atoms with Crippen LogP contribution in [0.5, 0.6) is 11.5 Å². The Morgan fingerprint density at radius 3 is 2.41 bits per heavy atom. The molecule has 0 unspecified atom stereocenters. The molecule has 0 aliphatic heterocycles. The average Bonchev–Trinajstić information content (AvgIpc) is 3.01. The minimum Gasteiger partial charge on any atom is -0.493 e. The van der Waals surface area contributed by atoms with Crippen molar-refractivity contribution in [3.05, 3.63) is 43.8 Å². The molecule has 2 rings (SSSR count). The Hall–Kier alpha value is -3.65. The smallest absolute Gasteiger partial charge is 0.348 e. The van der Waals surface area contributed by atoms with Gasteiger partial charge in [-0.05, 0) is 19.4 Å². The van der Waals surface area contributed by atoms with E-state index in [1.54, 1.807) is 13.8 Å². The molecule has 1 heterocycles. The zero-order valence-corrected chi connectivity index (χ0v) is 16.8. The lowest BCUT2D eigenvalue weighted by Gasteiger charge is -2.10. The van der Waals surface area contributed by atoms with Crippen molar-refractivity contribution in [1.82, 2.24) is 0 Å². The second kappa shape index (κ2) is 9.03. The van der Waals surface area contributed by atoms with Gasteiger partial charge in [0.1, 0.15) is 21.5 Å². The van der Waals surface area contributed by atoms with Crippen molar-refractivity contribution in [2.75, 3.05) is 26.1 Å². The molecule has 0 aliphatic rings. The first-order valence-electron chi connectivity index (χ1n) is 8.21. The first-order chi connectivity index (χ1) is 13.8. The van der Waals surface area contributed by atoms with E-state index in [0.29, 0.717) is 5.56 Å². The maximum atomic E-state index is 12.8. The SMILES string of the molecule is CCOC(=O)c1sc(NC(=O)c2cc(OC)c(OC)cc2[N+](=O)[O-])c(C#N)c1C. The van der Waals surface area contributed by atoms with Gasteiger partial charge in [0.15, 0.2) is 11.5 Å². The third-order valence-electron chi connectivity index (χ3n) is 3.89. The fraction of sp³-hybridized carbons (Fsp3) is 0.278. The zero-order valence-electron chi connectivity index (χ0n) is 16.0. The molecule has 0 saturated heterocycles. The van der Waals surface area contributed by atoms with Crippen LogP contribution < -0.4 is 14.8 Å². The number of methoxy groups -OCH3 is 2. The molecule has 0 saturated carbocycles. The van der Waals surface area contributed by atoms with Crippen molar-refractivity contribution in [1.29, 1.82) is 5.26 Å². The number of nitro groups is 1. The van der Waals surface area contributed by atoms with Crippen molar-refractivity contribution in [2.45, 2.75) is 13.8 Å². The summed E-state index contributed by atoms with van der Waals surface area (Å²) in [5.41, 5.74) is -0.361. The third kappa shape index (κ3) is 4.27. The summed E-state index contributed by atoms with van der Waals surface area (Å²) in [5, 5.41) is 23.4. The minimum absolute atomic E-state index is 0.0783. The molecule has 29 heavy (non-hydrogen) atoms. The molecule has 152 valence electrons. The van der Waals surface area contributed by atoms with E-state index >= 15 is 0 Å². The van der Waals surface area contributed by atoms with Gasteiger partial charge in [-0.25, -0.2) is 4.79 Å². The Kier molecular flexibility index (Phi) is 6.74. The summed E-state index contributed by atoms with van der Waals surface area (Å²) < 4.78 is 15.1. The molecular formula is C18H17N3O7S. The molecular weight excluding hydrogens is 402 g/mol. The molecule has 2 aromatic rings. The van der Waals surface area contributed by atoms with Crippen molar-refractivity contribution < 1.29 is 28.7 Å². The van der Waals surface area contributed by atoms with E-state index in [4.69, 9.17) is 14.2 Å². The van der Waals surface area contributed by atoms with E-state index in [1.165, 1.54) is 20.3 Å². The van der Waals surface area contributed by atoms with Crippen molar-refractivity contribution >= 4 is 33.9 Å². The number of nitriles is 1. The number of anilines is 1. The molecule has 1 aromatic carbocycles. The monoisotopic (exact) mass is 419 g/mol. The topological polar surface area (TPSA) is 141 Å². The number of thiophene rings is 1. The van der Waals surface area contributed by atoms with Gasteiger partial charge in [0.2, 0.25) is 0 Å². The van der Waals surface area contributed by atoms with Crippen LogP contribution in [-0.4, -0.2) is 37.6 Å². The summed E-state index contributed by atoms with van der Waals surface area (Å²) in [6, 6.07) is 4.17. The number of carbonyl (C=O) groups excluding carboxylic acids is 2. The third-order valence-corrected chi connectivity index (χ3v) is 5.08. The van der Waals surface area contributed by atoms with Crippen LogP contribution in [0.3, 0.4) is 0 Å². The molecule has 0 atom stereocenters. The Labute approximate surface area is 169 Å². The molecule has 0 fully saturated rings. The number of rotatable bonds is 7. The standard InChI is InChI=1S/C18H17N3O7S/c1-5-28-18(23)15-9(2)11(8-19)17(29-15)20-16(22)10-6-13(26-3)14(27-4)7-12(10)21(24)25/h6-7H,5H2,1-4H3,(H,20,22). The van der Waals surface area contributed by atoms with E-state index in [-0.39, 0.29) is 39.1 Å². The Morgan fingerprint density at radius 1 is 1.28 bits per heavy atom. The van der Waals surface area contributed by atoms with E-state index in [1.807, 2.05) is 6.07 Å². The Balaban J connectivity index is 2.50. The van der Waals surface area contributed by atoms with Crippen LogP contribution in [-0.2, 0) is 4.74 Å². The van der Waals surface area contributed by atoms with Crippen molar-refractivity contribution in [2.24, 2.45) is 0 Å². The molecule has 0 spiro atoms. The lowest BCUT2D eigenvalue weighted by atomic mass is 10.1. The molecule has 11 heteroatoms. The number of hydrogen-bond donors (Lipinski definition) is 1. The van der Waals surface area contributed by atoms with Gasteiger partial charge in [-0.1, -0.05) is 0 Å².